The largest absolute Gasteiger partial charge is 0.334 e. The number of halogens is 3. The standard InChI is InChI=1S/C15H18Cl3NO/c16-8-9-19(12-4-2-1-3-5-12)15(20)13-10-11(17)6-7-14(13)18/h6-7,10,12H,1-5,8-9H2. The van der Waals surface area contributed by atoms with Crippen LogP contribution in [0.25, 0.3) is 0 Å². The van der Waals surface area contributed by atoms with Gasteiger partial charge in [0.1, 0.15) is 0 Å². The van der Waals surface area contributed by atoms with Crippen LogP contribution in [0, 0.1) is 0 Å². The second-order valence-electron chi connectivity index (χ2n) is 5.10. The van der Waals surface area contributed by atoms with Crippen LogP contribution in [0.5, 0.6) is 0 Å². The first-order valence-electron chi connectivity index (χ1n) is 6.95. The van der Waals surface area contributed by atoms with Gasteiger partial charge in [0.25, 0.3) is 5.91 Å². The predicted molar refractivity (Wildman–Crippen MR) is 85.1 cm³/mol. The maximum absolute atomic E-state index is 12.7. The second kappa shape index (κ2) is 7.53. The highest BCUT2D eigenvalue weighted by molar-refractivity contribution is 6.35. The molecule has 5 heteroatoms. The Morgan fingerprint density at radius 3 is 2.55 bits per heavy atom. The molecule has 0 radical (unpaired) electrons. The number of amides is 1. The number of carbonyl (C=O) groups excluding carboxylic acids is 1. The van der Waals surface area contributed by atoms with Crippen LogP contribution in [-0.2, 0) is 0 Å². The van der Waals surface area contributed by atoms with Crippen LogP contribution in [0.2, 0.25) is 10.0 Å². The van der Waals surface area contributed by atoms with Gasteiger partial charge in [0.15, 0.2) is 0 Å². The molecule has 1 saturated carbocycles. The van der Waals surface area contributed by atoms with Crippen LogP contribution >= 0.6 is 34.8 Å². The van der Waals surface area contributed by atoms with Gasteiger partial charge >= 0.3 is 0 Å². The van der Waals surface area contributed by atoms with Crippen LogP contribution in [0.1, 0.15) is 42.5 Å². The number of alkyl halides is 1. The number of hydrogen-bond acceptors (Lipinski definition) is 1. The Morgan fingerprint density at radius 2 is 1.90 bits per heavy atom. The Labute approximate surface area is 135 Å². The lowest BCUT2D eigenvalue weighted by Gasteiger charge is -2.34. The molecule has 1 aromatic carbocycles. The second-order valence-corrected chi connectivity index (χ2v) is 6.33. The molecule has 0 N–H and O–H groups in total. The lowest BCUT2D eigenvalue weighted by Crippen LogP contribution is -2.42. The third-order valence-electron chi connectivity index (χ3n) is 3.76. The summed E-state index contributed by atoms with van der Waals surface area (Å²) < 4.78 is 0. The lowest BCUT2D eigenvalue weighted by molar-refractivity contribution is 0.0650. The molecule has 0 unspecified atom stereocenters. The van der Waals surface area contributed by atoms with Crippen molar-refractivity contribution in [3.63, 3.8) is 0 Å². The fourth-order valence-electron chi connectivity index (χ4n) is 2.75. The van der Waals surface area contributed by atoms with Gasteiger partial charge in [-0.1, -0.05) is 42.5 Å². The highest BCUT2D eigenvalue weighted by Gasteiger charge is 2.27. The molecule has 1 fully saturated rings. The van der Waals surface area contributed by atoms with Gasteiger partial charge in [0.05, 0.1) is 10.6 Å². The monoisotopic (exact) mass is 333 g/mol. The van der Waals surface area contributed by atoms with Gasteiger partial charge in [-0.05, 0) is 31.0 Å². The molecule has 0 bridgehead atoms. The summed E-state index contributed by atoms with van der Waals surface area (Å²) in [4.78, 5) is 14.6. The van der Waals surface area contributed by atoms with Crippen LogP contribution in [0.4, 0.5) is 0 Å². The summed E-state index contributed by atoms with van der Waals surface area (Å²) in [5.41, 5.74) is 0.467. The highest BCUT2D eigenvalue weighted by Crippen LogP contribution is 2.27. The summed E-state index contributed by atoms with van der Waals surface area (Å²) in [6.45, 7) is 0.550. The normalized spacial score (nSPS) is 16.1. The molecule has 0 aliphatic heterocycles. The van der Waals surface area contributed by atoms with Crippen molar-refractivity contribution < 1.29 is 4.79 Å². The van der Waals surface area contributed by atoms with Crippen molar-refractivity contribution in [2.45, 2.75) is 38.1 Å². The molecule has 1 aromatic rings. The van der Waals surface area contributed by atoms with E-state index >= 15 is 0 Å². The molecular formula is C15H18Cl3NO. The van der Waals surface area contributed by atoms with Crippen molar-refractivity contribution >= 4 is 40.7 Å². The number of nitrogens with zero attached hydrogens (tertiary/aromatic N) is 1. The minimum absolute atomic E-state index is 0.0648. The van der Waals surface area contributed by atoms with Gasteiger partial charge in [-0.2, -0.15) is 0 Å². The summed E-state index contributed by atoms with van der Waals surface area (Å²) >= 11 is 18.0. The number of rotatable bonds is 4. The zero-order chi connectivity index (χ0) is 14.5. The fraction of sp³-hybridized carbons (Fsp3) is 0.533. The third-order valence-corrected chi connectivity index (χ3v) is 4.49. The number of benzene rings is 1. The number of hydrogen-bond donors (Lipinski definition) is 0. The predicted octanol–water partition coefficient (Wildman–Crippen LogP) is 5.01. The first-order valence-corrected chi connectivity index (χ1v) is 8.24. The van der Waals surface area contributed by atoms with Gasteiger partial charge in [-0.3, -0.25) is 4.79 Å². The Balaban J connectivity index is 2.23. The first kappa shape index (κ1) is 15.9. The SMILES string of the molecule is O=C(c1cc(Cl)ccc1Cl)N(CCCl)C1CCCCC1. The molecule has 0 spiro atoms. The fourth-order valence-corrected chi connectivity index (χ4v) is 3.30. The van der Waals surface area contributed by atoms with E-state index in [4.69, 9.17) is 34.8 Å². The maximum atomic E-state index is 12.7. The van der Waals surface area contributed by atoms with Gasteiger partial charge in [-0.25, -0.2) is 0 Å². The molecular weight excluding hydrogens is 317 g/mol. The summed E-state index contributed by atoms with van der Waals surface area (Å²) in [6, 6.07) is 5.25. The zero-order valence-corrected chi connectivity index (χ0v) is 13.5. The molecule has 2 rings (SSSR count). The molecule has 1 aliphatic rings. The van der Waals surface area contributed by atoms with E-state index in [2.05, 4.69) is 0 Å². The van der Waals surface area contributed by atoms with E-state index < -0.39 is 0 Å². The smallest absolute Gasteiger partial charge is 0.255 e. The van der Waals surface area contributed by atoms with Crippen molar-refractivity contribution in [2.24, 2.45) is 0 Å². The van der Waals surface area contributed by atoms with Crippen LogP contribution in [-0.4, -0.2) is 29.3 Å². The Morgan fingerprint density at radius 1 is 1.20 bits per heavy atom. The van der Waals surface area contributed by atoms with Crippen molar-refractivity contribution in [3.05, 3.63) is 33.8 Å². The number of carbonyl (C=O) groups is 1. The van der Waals surface area contributed by atoms with E-state index in [9.17, 15) is 4.79 Å². The Kier molecular flexibility index (Phi) is 6.01. The third kappa shape index (κ3) is 3.81. The summed E-state index contributed by atoms with van der Waals surface area (Å²) in [6.07, 6.45) is 5.67. The van der Waals surface area contributed by atoms with Gasteiger partial charge in [0, 0.05) is 23.5 Å². The Hall–Kier alpha value is -0.440. The highest BCUT2D eigenvalue weighted by atomic mass is 35.5. The lowest BCUT2D eigenvalue weighted by atomic mass is 9.93. The van der Waals surface area contributed by atoms with E-state index in [0.29, 0.717) is 28.0 Å². The maximum Gasteiger partial charge on any atom is 0.255 e. The minimum atomic E-state index is -0.0648. The molecule has 20 heavy (non-hydrogen) atoms. The van der Waals surface area contributed by atoms with Crippen LogP contribution < -0.4 is 0 Å². The molecule has 2 nitrogen and oxygen atoms in total. The quantitative estimate of drug-likeness (QED) is 0.709. The minimum Gasteiger partial charge on any atom is -0.334 e. The average Bonchev–Trinajstić information content (AvgIpc) is 2.47. The van der Waals surface area contributed by atoms with E-state index in [1.54, 1.807) is 18.2 Å². The van der Waals surface area contributed by atoms with Gasteiger partial charge in [0.2, 0.25) is 0 Å². The van der Waals surface area contributed by atoms with E-state index in [1.165, 1.54) is 19.3 Å². The molecule has 0 saturated heterocycles. The molecule has 0 atom stereocenters. The van der Waals surface area contributed by atoms with Crippen molar-refractivity contribution in [2.75, 3.05) is 12.4 Å². The summed E-state index contributed by atoms with van der Waals surface area (Å²) in [7, 11) is 0. The van der Waals surface area contributed by atoms with Crippen LogP contribution in [0.15, 0.2) is 18.2 Å². The van der Waals surface area contributed by atoms with Crippen molar-refractivity contribution in [1.82, 2.24) is 4.90 Å². The summed E-state index contributed by atoms with van der Waals surface area (Å²) in [5, 5.41) is 0.960. The molecule has 0 heterocycles. The Bertz CT molecular complexity index is 472. The first-order chi connectivity index (χ1) is 9.63. The van der Waals surface area contributed by atoms with Crippen molar-refractivity contribution in [1.29, 1.82) is 0 Å². The van der Waals surface area contributed by atoms with Gasteiger partial charge in [-0.15, -0.1) is 11.6 Å². The molecule has 1 amide bonds. The zero-order valence-electron chi connectivity index (χ0n) is 11.2. The van der Waals surface area contributed by atoms with E-state index in [1.807, 2.05) is 4.90 Å². The van der Waals surface area contributed by atoms with Crippen molar-refractivity contribution in [3.8, 4) is 0 Å². The average molecular weight is 335 g/mol. The van der Waals surface area contributed by atoms with E-state index in [-0.39, 0.29) is 11.9 Å². The van der Waals surface area contributed by atoms with Gasteiger partial charge < -0.3 is 4.90 Å². The molecule has 1 aliphatic carbocycles. The summed E-state index contributed by atoms with van der Waals surface area (Å²) in [5.74, 6) is 0.366. The topological polar surface area (TPSA) is 20.3 Å². The van der Waals surface area contributed by atoms with Crippen LogP contribution in [0.3, 0.4) is 0 Å². The van der Waals surface area contributed by atoms with E-state index in [0.717, 1.165) is 12.8 Å². The molecule has 110 valence electrons. The molecule has 0 aromatic heterocycles.